The first-order chi connectivity index (χ1) is 11.4. The van der Waals surface area contributed by atoms with Crippen molar-refractivity contribution < 1.29 is 12.8 Å². The van der Waals surface area contributed by atoms with Crippen molar-refractivity contribution in [2.45, 2.75) is 57.9 Å². The number of aryl methyl sites for hydroxylation is 2. The van der Waals surface area contributed by atoms with Crippen molar-refractivity contribution in [3.63, 3.8) is 0 Å². The highest BCUT2D eigenvalue weighted by Crippen LogP contribution is 2.30. The van der Waals surface area contributed by atoms with Gasteiger partial charge >= 0.3 is 0 Å². The Morgan fingerprint density at radius 1 is 1.00 bits per heavy atom. The summed E-state index contributed by atoms with van der Waals surface area (Å²) in [6.07, 6.45) is 0. The molecule has 0 aromatic heterocycles. The van der Waals surface area contributed by atoms with E-state index in [1.165, 1.54) is 12.1 Å². The molecule has 1 atom stereocenters. The first-order valence-electron chi connectivity index (χ1n) is 8.31. The summed E-state index contributed by atoms with van der Waals surface area (Å²) >= 11 is 0. The molecule has 0 aliphatic rings. The maximum absolute atomic E-state index is 13.1. The molecule has 0 unspecified atom stereocenters. The average molecular weight is 363 g/mol. The van der Waals surface area contributed by atoms with Crippen LogP contribution in [0, 0.1) is 19.7 Å². The summed E-state index contributed by atoms with van der Waals surface area (Å²) in [7, 11) is -3.69. The molecule has 25 heavy (non-hydrogen) atoms. The Hall–Kier alpha value is -1.72. The topological polar surface area (TPSA) is 46.2 Å². The molecule has 2 aromatic carbocycles. The van der Waals surface area contributed by atoms with Crippen LogP contribution in [0.5, 0.6) is 0 Å². The number of nitrogens with one attached hydrogen (secondary N) is 1. The maximum atomic E-state index is 13.1. The Bertz CT molecular complexity index is 843. The molecular formula is C20H26FNO2S. The molecule has 0 bridgehead atoms. The third-order valence-electron chi connectivity index (χ3n) is 4.30. The lowest BCUT2D eigenvalue weighted by atomic mass is 9.85. The standard InChI is InChI=1S/C20H26FNO2S/c1-13-11-17(20(4,5)6)12-14(2)19(13)25(23,24)22-15(3)16-7-9-18(21)10-8-16/h7-12,15,22H,1-6H3/t15-/m0/s1. The molecule has 0 radical (unpaired) electrons. The second-order valence-electron chi connectivity index (χ2n) is 7.58. The molecule has 0 fully saturated rings. The fourth-order valence-corrected chi connectivity index (χ4v) is 4.60. The summed E-state index contributed by atoms with van der Waals surface area (Å²) in [4.78, 5) is 0.314. The van der Waals surface area contributed by atoms with Crippen LogP contribution in [0.4, 0.5) is 4.39 Å². The van der Waals surface area contributed by atoms with E-state index in [0.717, 1.165) is 16.7 Å². The second-order valence-corrected chi connectivity index (χ2v) is 9.23. The monoisotopic (exact) mass is 363 g/mol. The largest absolute Gasteiger partial charge is 0.241 e. The number of hydrogen-bond acceptors (Lipinski definition) is 2. The van der Waals surface area contributed by atoms with Gasteiger partial charge in [-0.05, 0) is 60.6 Å². The molecule has 5 heteroatoms. The number of rotatable bonds is 4. The Morgan fingerprint density at radius 2 is 1.48 bits per heavy atom. The number of halogens is 1. The SMILES string of the molecule is Cc1cc(C(C)(C)C)cc(C)c1S(=O)(=O)N[C@@H](C)c1ccc(F)cc1. The molecule has 2 rings (SSSR count). The van der Waals surface area contributed by atoms with Crippen LogP contribution in [-0.4, -0.2) is 8.42 Å². The highest BCUT2D eigenvalue weighted by atomic mass is 32.2. The Kier molecular flexibility index (Phi) is 5.40. The second kappa shape index (κ2) is 6.89. The van der Waals surface area contributed by atoms with Gasteiger partial charge in [0.2, 0.25) is 10.0 Å². The Labute approximate surface area is 150 Å². The minimum atomic E-state index is -3.69. The van der Waals surface area contributed by atoms with Crippen molar-refractivity contribution in [3.8, 4) is 0 Å². The lowest BCUT2D eigenvalue weighted by Crippen LogP contribution is -2.28. The quantitative estimate of drug-likeness (QED) is 0.850. The Morgan fingerprint density at radius 3 is 1.92 bits per heavy atom. The van der Waals surface area contributed by atoms with Crippen LogP contribution in [0.1, 0.15) is 56.0 Å². The molecular weight excluding hydrogens is 337 g/mol. The molecule has 0 saturated carbocycles. The summed E-state index contributed by atoms with van der Waals surface area (Å²) in [5.41, 5.74) is 3.22. The van der Waals surface area contributed by atoms with E-state index in [-0.39, 0.29) is 11.2 Å². The van der Waals surface area contributed by atoms with Crippen molar-refractivity contribution in [2.75, 3.05) is 0 Å². The van der Waals surface area contributed by atoms with Gasteiger partial charge in [0, 0.05) is 6.04 Å². The zero-order valence-electron chi connectivity index (χ0n) is 15.6. The fraction of sp³-hybridized carbons (Fsp3) is 0.400. The van der Waals surface area contributed by atoms with Crippen LogP contribution in [-0.2, 0) is 15.4 Å². The summed E-state index contributed by atoms with van der Waals surface area (Å²) in [6.45, 7) is 11.7. The number of sulfonamides is 1. The zero-order chi connectivity index (χ0) is 19.0. The summed E-state index contributed by atoms with van der Waals surface area (Å²) in [6, 6.07) is 9.25. The lowest BCUT2D eigenvalue weighted by Gasteiger charge is -2.23. The van der Waals surface area contributed by atoms with Gasteiger partial charge in [-0.2, -0.15) is 0 Å². The predicted octanol–water partition coefficient (Wildman–Crippen LogP) is 4.78. The van der Waals surface area contributed by atoms with Gasteiger partial charge in [0.1, 0.15) is 5.82 Å². The smallest absolute Gasteiger partial charge is 0.207 e. The van der Waals surface area contributed by atoms with Crippen molar-refractivity contribution >= 4 is 10.0 Å². The molecule has 1 N–H and O–H groups in total. The van der Waals surface area contributed by atoms with Gasteiger partial charge in [-0.25, -0.2) is 17.5 Å². The predicted molar refractivity (Wildman–Crippen MR) is 99.8 cm³/mol. The van der Waals surface area contributed by atoms with E-state index in [4.69, 9.17) is 0 Å². The normalized spacial score (nSPS) is 13.7. The molecule has 0 spiro atoms. The first-order valence-corrected chi connectivity index (χ1v) is 9.79. The third kappa shape index (κ3) is 4.47. The van der Waals surface area contributed by atoms with Crippen LogP contribution in [0.3, 0.4) is 0 Å². The van der Waals surface area contributed by atoms with E-state index in [0.29, 0.717) is 10.5 Å². The van der Waals surface area contributed by atoms with Gasteiger partial charge in [0.15, 0.2) is 0 Å². The van der Waals surface area contributed by atoms with Gasteiger partial charge in [0.25, 0.3) is 0 Å². The summed E-state index contributed by atoms with van der Waals surface area (Å²) in [5, 5.41) is 0. The fourth-order valence-electron chi connectivity index (χ4n) is 2.92. The van der Waals surface area contributed by atoms with E-state index >= 15 is 0 Å². The van der Waals surface area contributed by atoms with Crippen LogP contribution in [0.15, 0.2) is 41.3 Å². The molecule has 136 valence electrons. The molecule has 0 aliphatic heterocycles. The molecule has 0 aliphatic carbocycles. The lowest BCUT2D eigenvalue weighted by molar-refractivity contribution is 0.563. The van der Waals surface area contributed by atoms with E-state index in [9.17, 15) is 12.8 Å². The highest BCUT2D eigenvalue weighted by molar-refractivity contribution is 7.89. The van der Waals surface area contributed by atoms with Gasteiger partial charge < -0.3 is 0 Å². The molecule has 0 heterocycles. The maximum Gasteiger partial charge on any atom is 0.241 e. The van der Waals surface area contributed by atoms with Gasteiger partial charge in [-0.1, -0.05) is 45.0 Å². The minimum Gasteiger partial charge on any atom is -0.207 e. The van der Waals surface area contributed by atoms with Crippen LogP contribution in [0.2, 0.25) is 0 Å². The van der Waals surface area contributed by atoms with E-state index in [1.807, 2.05) is 26.0 Å². The molecule has 0 amide bonds. The average Bonchev–Trinajstić information content (AvgIpc) is 2.45. The zero-order valence-corrected chi connectivity index (χ0v) is 16.5. The van der Waals surface area contributed by atoms with Gasteiger partial charge in [0.05, 0.1) is 4.90 Å². The van der Waals surface area contributed by atoms with Gasteiger partial charge in [-0.15, -0.1) is 0 Å². The minimum absolute atomic E-state index is 0.0490. The van der Waals surface area contributed by atoms with Crippen molar-refractivity contribution in [1.29, 1.82) is 0 Å². The first kappa shape index (κ1) is 19.6. The molecule has 2 aromatic rings. The number of hydrogen-bond donors (Lipinski definition) is 1. The summed E-state index contributed by atoms with van der Waals surface area (Å²) < 4.78 is 41.6. The highest BCUT2D eigenvalue weighted by Gasteiger charge is 2.25. The van der Waals surface area contributed by atoms with Crippen molar-refractivity contribution in [2.24, 2.45) is 0 Å². The van der Waals surface area contributed by atoms with Crippen molar-refractivity contribution in [3.05, 3.63) is 64.5 Å². The van der Waals surface area contributed by atoms with E-state index in [2.05, 4.69) is 25.5 Å². The van der Waals surface area contributed by atoms with E-state index < -0.39 is 16.1 Å². The van der Waals surface area contributed by atoms with Gasteiger partial charge in [-0.3, -0.25) is 0 Å². The number of benzene rings is 2. The third-order valence-corrected chi connectivity index (χ3v) is 6.14. The summed E-state index contributed by atoms with van der Waals surface area (Å²) in [5.74, 6) is -0.344. The molecule has 3 nitrogen and oxygen atoms in total. The van der Waals surface area contributed by atoms with Crippen molar-refractivity contribution in [1.82, 2.24) is 4.72 Å². The van der Waals surface area contributed by atoms with E-state index in [1.54, 1.807) is 19.1 Å². The van der Waals surface area contributed by atoms with Crippen LogP contribution in [0.25, 0.3) is 0 Å². The van der Waals surface area contributed by atoms with Crippen LogP contribution >= 0.6 is 0 Å². The Balaban J connectivity index is 2.38. The van der Waals surface area contributed by atoms with Crippen LogP contribution < -0.4 is 4.72 Å². The molecule has 0 saturated heterocycles.